The number of hydrogen-bond donors (Lipinski definition) is 0. The Morgan fingerprint density at radius 3 is 2.54 bits per heavy atom. The number of carbonyl (C=O) groups is 1. The van der Waals surface area contributed by atoms with Crippen molar-refractivity contribution in [2.24, 2.45) is 0 Å². The largest absolute Gasteiger partial charge is 0.444 e. The second kappa shape index (κ2) is 11.3. The molecule has 0 spiro atoms. The van der Waals surface area contributed by atoms with E-state index >= 15 is 4.39 Å². The molecule has 1 aromatic heterocycles. The van der Waals surface area contributed by atoms with Gasteiger partial charge in [-0.1, -0.05) is 13.8 Å². The van der Waals surface area contributed by atoms with Crippen LogP contribution in [0.3, 0.4) is 0 Å². The van der Waals surface area contributed by atoms with E-state index in [0.29, 0.717) is 17.1 Å². The van der Waals surface area contributed by atoms with Crippen LogP contribution in [0.2, 0.25) is 0 Å². The van der Waals surface area contributed by atoms with Crippen molar-refractivity contribution in [3.63, 3.8) is 0 Å². The second-order valence-electron chi connectivity index (χ2n) is 11.5. The van der Waals surface area contributed by atoms with Crippen molar-refractivity contribution in [3.8, 4) is 0 Å². The molecule has 2 aliphatic rings. The fourth-order valence-electron chi connectivity index (χ4n) is 5.23. The highest BCUT2D eigenvalue weighted by molar-refractivity contribution is 9.10. The quantitative estimate of drug-likeness (QED) is 0.224. The number of piperazine rings is 1. The van der Waals surface area contributed by atoms with Gasteiger partial charge in [-0.05, 0) is 80.2 Å². The number of benzene rings is 1. The summed E-state index contributed by atoms with van der Waals surface area (Å²) in [4.78, 5) is 46.8. The summed E-state index contributed by atoms with van der Waals surface area (Å²) in [5, 5.41) is 12.7. The van der Waals surface area contributed by atoms with E-state index in [2.05, 4.69) is 20.9 Å². The number of halogens is 2. The number of anilines is 2. The minimum atomic E-state index is -0.682. The Morgan fingerprint density at radius 1 is 1.29 bits per heavy atom. The van der Waals surface area contributed by atoms with Gasteiger partial charge in [0.1, 0.15) is 17.1 Å². The molecule has 1 amide bonds. The Bertz CT molecular complexity index is 1500. The van der Waals surface area contributed by atoms with Gasteiger partial charge in [-0.2, -0.15) is 0 Å². The predicted molar refractivity (Wildman–Crippen MR) is 156 cm³/mol. The number of carbonyl (C=O) groups excluding carboxylic acids is 2. The van der Waals surface area contributed by atoms with E-state index in [1.54, 1.807) is 42.8 Å². The number of pyridine rings is 1. The lowest BCUT2D eigenvalue weighted by Gasteiger charge is -2.44. The number of nitro groups is 1. The first-order valence-corrected chi connectivity index (χ1v) is 14.1. The molecule has 2 aromatic rings. The first-order valence-electron chi connectivity index (χ1n) is 13.3. The summed E-state index contributed by atoms with van der Waals surface area (Å²) in [6.45, 7) is 13.5. The third-order valence-corrected chi connectivity index (χ3v) is 7.58. The van der Waals surface area contributed by atoms with Crippen molar-refractivity contribution in [1.82, 2.24) is 14.8 Å². The van der Waals surface area contributed by atoms with Crippen LogP contribution in [0.15, 0.2) is 40.3 Å². The Balaban J connectivity index is 1.93. The lowest BCUT2D eigenvalue weighted by molar-refractivity contribution is -0.420. The highest BCUT2D eigenvalue weighted by atomic mass is 79.9. The third kappa shape index (κ3) is 5.71. The molecule has 218 valence electrons. The maximum Gasteiger partial charge on any atom is 0.410 e. The predicted octanol–water partition coefficient (Wildman–Crippen LogP) is 6.17. The van der Waals surface area contributed by atoms with Crippen molar-refractivity contribution >= 4 is 45.0 Å². The van der Waals surface area contributed by atoms with E-state index < -0.39 is 34.2 Å². The molecule has 1 atom stereocenters. The molecule has 0 unspecified atom stereocenters. The molecule has 41 heavy (non-hydrogen) atoms. The van der Waals surface area contributed by atoms with Crippen LogP contribution in [0.5, 0.6) is 0 Å². The monoisotopic (exact) mass is 629 g/mol. The van der Waals surface area contributed by atoms with Gasteiger partial charge in [-0.3, -0.25) is 20.0 Å². The summed E-state index contributed by atoms with van der Waals surface area (Å²) < 4.78 is 20.8. The number of aryl methyl sites for hydroxylation is 1. The minimum Gasteiger partial charge on any atom is -0.444 e. The van der Waals surface area contributed by atoms with Crippen LogP contribution in [0.4, 0.5) is 20.6 Å². The van der Waals surface area contributed by atoms with Crippen LogP contribution < -0.4 is 4.90 Å². The standard InChI is InChI=1S/C29H33BrFN5O5/c1-16(2)24-25(17(3)8-9-32-24)35-22-13-20(30)21(31)12-19(22)26(27(36(39)40)23(35)15-37)34-11-10-33(14-18(34)4)28(38)41-29(5,6)7/h8-9,12-13,16,18H,10-11,14H2,1-7H3/t18-/m0/s1. The molecule has 1 saturated heterocycles. The number of amides is 1. The fourth-order valence-corrected chi connectivity index (χ4v) is 5.57. The molecule has 1 fully saturated rings. The van der Waals surface area contributed by atoms with E-state index in [9.17, 15) is 19.7 Å². The van der Waals surface area contributed by atoms with Crippen LogP contribution in [0, 0.1) is 22.9 Å². The van der Waals surface area contributed by atoms with Gasteiger partial charge in [-0.25, -0.2) is 14.0 Å². The van der Waals surface area contributed by atoms with Gasteiger partial charge in [0.15, 0.2) is 5.94 Å². The van der Waals surface area contributed by atoms with Crippen molar-refractivity contribution in [1.29, 1.82) is 0 Å². The average molecular weight is 631 g/mol. The summed E-state index contributed by atoms with van der Waals surface area (Å²) in [7, 11) is 0. The van der Waals surface area contributed by atoms with E-state index in [4.69, 9.17) is 4.74 Å². The Labute approximate surface area is 246 Å². The van der Waals surface area contributed by atoms with E-state index in [-0.39, 0.29) is 47.0 Å². The summed E-state index contributed by atoms with van der Waals surface area (Å²) in [6.07, 6.45) is 1.16. The summed E-state index contributed by atoms with van der Waals surface area (Å²) in [6, 6.07) is 4.08. The Hall–Kier alpha value is -3.76. The van der Waals surface area contributed by atoms with Crippen LogP contribution in [0.25, 0.3) is 5.70 Å². The normalized spacial score (nSPS) is 17.6. The molecule has 3 heterocycles. The number of aromatic nitrogens is 1. The first kappa shape index (κ1) is 30.2. The molecule has 0 bridgehead atoms. The summed E-state index contributed by atoms with van der Waals surface area (Å²) in [5.74, 6) is 1.13. The topological polar surface area (TPSA) is 109 Å². The Kier molecular flexibility index (Phi) is 8.29. The van der Waals surface area contributed by atoms with Crippen molar-refractivity contribution in [3.05, 3.63) is 73.0 Å². The van der Waals surface area contributed by atoms with Gasteiger partial charge in [0.25, 0.3) is 0 Å². The van der Waals surface area contributed by atoms with E-state index in [1.807, 2.05) is 33.6 Å². The molecule has 0 N–H and O–H groups in total. The van der Waals surface area contributed by atoms with Crippen molar-refractivity contribution in [2.75, 3.05) is 24.5 Å². The molecule has 4 rings (SSSR count). The van der Waals surface area contributed by atoms with Gasteiger partial charge in [0.05, 0.1) is 26.5 Å². The van der Waals surface area contributed by atoms with E-state index in [0.717, 1.165) is 5.56 Å². The molecular weight excluding hydrogens is 597 g/mol. The van der Waals surface area contributed by atoms with Gasteiger partial charge in [0.2, 0.25) is 5.70 Å². The molecule has 0 saturated carbocycles. The molecule has 12 heteroatoms. The van der Waals surface area contributed by atoms with Crippen LogP contribution in [-0.4, -0.2) is 63.0 Å². The lowest BCUT2D eigenvalue weighted by atomic mass is 9.94. The summed E-state index contributed by atoms with van der Waals surface area (Å²) >= 11 is 3.26. The van der Waals surface area contributed by atoms with Gasteiger partial charge in [-0.15, -0.1) is 0 Å². The lowest BCUT2D eigenvalue weighted by Crippen LogP contribution is -2.54. The van der Waals surface area contributed by atoms with Crippen LogP contribution >= 0.6 is 15.9 Å². The van der Waals surface area contributed by atoms with Gasteiger partial charge < -0.3 is 14.5 Å². The molecule has 0 radical (unpaired) electrons. The zero-order valence-corrected chi connectivity index (χ0v) is 25.7. The maximum absolute atomic E-state index is 15.2. The molecule has 10 nitrogen and oxygen atoms in total. The smallest absolute Gasteiger partial charge is 0.410 e. The molecule has 1 aromatic carbocycles. The fraction of sp³-hybridized carbons (Fsp3) is 0.448. The zero-order chi connectivity index (χ0) is 30.4. The Morgan fingerprint density at radius 2 is 1.98 bits per heavy atom. The third-order valence-electron chi connectivity index (χ3n) is 6.98. The average Bonchev–Trinajstić information content (AvgIpc) is 2.87. The zero-order valence-electron chi connectivity index (χ0n) is 24.1. The van der Waals surface area contributed by atoms with Crippen LogP contribution in [-0.2, 0) is 9.53 Å². The minimum absolute atomic E-state index is 0.0875. The second-order valence-corrected chi connectivity index (χ2v) is 12.4. The maximum atomic E-state index is 15.2. The molecule has 0 aliphatic carbocycles. The number of ether oxygens (including phenoxy) is 1. The SMILES string of the molecule is Cc1ccnc(C(C)C)c1N1C(=C=O)C([N+](=O)[O-])=C(N2CCN(C(=O)OC(C)(C)C)C[C@@H]2C)c2cc(F)c(Br)cc21. The molecule has 2 aliphatic heterocycles. The summed E-state index contributed by atoms with van der Waals surface area (Å²) in [5.41, 5.74) is 1.07. The van der Waals surface area contributed by atoms with Gasteiger partial charge in [0, 0.05) is 37.4 Å². The number of rotatable bonds is 4. The van der Waals surface area contributed by atoms with Crippen molar-refractivity contribution < 1.29 is 23.6 Å². The number of fused-ring (bicyclic) bond motifs is 1. The molecular formula is C29H33BrFN5O5. The van der Waals surface area contributed by atoms with Gasteiger partial charge >= 0.3 is 11.8 Å². The van der Waals surface area contributed by atoms with Crippen molar-refractivity contribution in [2.45, 2.75) is 66.0 Å². The van der Waals surface area contributed by atoms with E-state index in [1.165, 1.54) is 17.0 Å². The number of hydrogen-bond acceptors (Lipinski definition) is 8. The first-order chi connectivity index (χ1) is 19.2. The highest BCUT2D eigenvalue weighted by Crippen LogP contribution is 2.49. The van der Waals surface area contributed by atoms with Crippen LogP contribution in [0.1, 0.15) is 64.3 Å². The highest BCUT2D eigenvalue weighted by Gasteiger charge is 2.45. The number of nitrogens with zero attached hydrogens (tertiary/aromatic N) is 5.